The van der Waals surface area contributed by atoms with Gasteiger partial charge in [0.2, 0.25) is 0 Å². The molecule has 0 bridgehead atoms. The van der Waals surface area contributed by atoms with Crippen LogP contribution in [0.5, 0.6) is 11.5 Å². The number of aryl methyl sites for hydroxylation is 2. The SMILES string of the molecule is CCOc1cc(/C=C(\C#N)c2ccc(C)cc2)cc(Br)c1OCC(=O)Nc1ccc(C)c(Cl)c1. The van der Waals surface area contributed by atoms with Crippen LogP contribution in [0.15, 0.2) is 59.1 Å². The Morgan fingerprint density at radius 2 is 1.85 bits per heavy atom. The van der Waals surface area contributed by atoms with E-state index in [0.29, 0.717) is 38.9 Å². The maximum Gasteiger partial charge on any atom is 0.262 e. The zero-order valence-electron chi connectivity index (χ0n) is 19.1. The predicted octanol–water partition coefficient (Wildman–Crippen LogP) is 7.20. The summed E-state index contributed by atoms with van der Waals surface area (Å²) in [5.41, 5.74) is 4.76. The Kier molecular flexibility index (Phi) is 8.75. The Morgan fingerprint density at radius 1 is 1.12 bits per heavy atom. The number of benzene rings is 3. The molecule has 7 heteroatoms. The molecule has 0 unspecified atom stereocenters. The van der Waals surface area contributed by atoms with E-state index in [1.54, 1.807) is 24.3 Å². The third-order valence-corrected chi connectivity index (χ3v) is 5.93. The van der Waals surface area contributed by atoms with E-state index in [9.17, 15) is 10.1 Å². The lowest BCUT2D eigenvalue weighted by Crippen LogP contribution is -2.20. The van der Waals surface area contributed by atoms with Gasteiger partial charge in [-0.25, -0.2) is 0 Å². The molecule has 0 atom stereocenters. The summed E-state index contributed by atoms with van der Waals surface area (Å²) in [6, 6.07) is 18.9. The first-order valence-corrected chi connectivity index (χ1v) is 11.8. The molecule has 0 radical (unpaired) electrons. The molecule has 3 rings (SSSR count). The van der Waals surface area contributed by atoms with E-state index >= 15 is 0 Å². The molecule has 0 aromatic heterocycles. The van der Waals surface area contributed by atoms with E-state index in [1.165, 1.54) is 0 Å². The van der Waals surface area contributed by atoms with Crippen molar-refractivity contribution in [3.8, 4) is 17.6 Å². The van der Waals surface area contributed by atoms with Crippen LogP contribution in [0.25, 0.3) is 11.6 Å². The summed E-state index contributed by atoms with van der Waals surface area (Å²) in [4.78, 5) is 12.4. The fourth-order valence-corrected chi connectivity index (χ4v) is 3.91. The van der Waals surface area contributed by atoms with Gasteiger partial charge >= 0.3 is 0 Å². The van der Waals surface area contributed by atoms with Crippen molar-refractivity contribution < 1.29 is 14.3 Å². The number of anilines is 1. The highest BCUT2D eigenvalue weighted by atomic mass is 79.9. The number of ether oxygens (including phenoxy) is 2. The Morgan fingerprint density at radius 3 is 2.50 bits per heavy atom. The van der Waals surface area contributed by atoms with Crippen molar-refractivity contribution in [2.75, 3.05) is 18.5 Å². The predicted molar refractivity (Wildman–Crippen MR) is 140 cm³/mol. The van der Waals surface area contributed by atoms with Gasteiger partial charge in [0, 0.05) is 10.7 Å². The first-order valence-electron chi connectivity index (χ1n) is 10.6. The molecular weight excluding hydrogens is 516 g/mol. The summed E-state index contributed by atoms with van der Waals surface area (Å²) in [5.74, 6) is 0.546. The first kappa shape index (κ1) is 25.4. The summed E-state index contributed by atoms with van der Waals surface area (Å²) in [5, 5.41) is 13.0. The van der Waals surface area contributed by atoms with E-state index < -0.39 is 0 Å². The molecule has 3 aromatic rings. The minimum absolute atomic E-state index is 0.216. The van der Waals surface area contributed by atoms with Crippen molar-refractivity contribution in [3.05, 3.63) is 86.3 Å². The monoisotopic (exact) mass is 538 g/mol. The van der Waals surface area contributed by atoms with E-state index in [0.717, 1.165) is 22.3 Å². The van der Waals surface area contributed by atoms with Gasteiger partial charge in [-0.2, -0.15) is 5.26 Å². The number of halogens is 2. The second kappa shape index (κ2) is 11.7. The van der Waals surface area contributed by atoms with E-state index in [2.05, 4.69) is 27.3 Å². The highest BCUT2D eigenvalue weighted by Gasteiger charge is 2.15. The van der Waals surface area contributed by atoms with Crippen LogP contribution in [0.4, 0.5) is 5.69 Å². The summed E-state index contributed by atoms with van der Waals surface area (Å²) in [6.45, 7) is 5.95. The van der Waals surface area contributed by atoms with Gasteiger partial charge in [-0.3, -0.25) is 4.79 Å². The molecular formula is C27H24BrClN2O3. The number of nitrogens with one attached hydrogen (secondary N) is 1. The molecule has 0 heterocycles. The standard InChI is InChI=1S/C27H24BrClN2O3/c1-4-33-25-13-19(11-21(15-30)20-8-5-17(2)6-9-20)12-23(28)27(25)34-16-26(32)31-22-10-7-18(3)24(29)14-22/h5-14H,4,16H2,1-3H3,(H,31,32)/b21-11+. The summed E-state index contributed by atoms with van der Waals surface area (Å²) in [7, 11) is 0. The van der Waals surface area contributed by atoms with Crippen molar-refractivity contribution in [1.82, 2.24) is 0 Å². The topological polar surface area (TPSA) is 71.3 Å². The van der Waals surface area contributed by atoms with Crippen molar-refractivity contribution >= 4 is 50.8 Å². The van der Waals surface area contributed by atoms with Gasteiger partial charge in [0.1, 0.15) is 0 Å². The summed E-state index contributed by atoms with van der Waals surface area (Å²) < 4.78 is 12.2. The molecule has 0 saturated carbocycles. The smallest absolute Gasteiger partial charge is 0.262 e. The van der Waals surface area contributed by atoms with Gasteiger partial charge in [0.15, 0.2) is 18.1 Å². The maximum atomic E-state index is 12.4. The third-order valence-electron chi connectivity index (χ3n) is 4.93. The molecule has 0 spiro atoms. The van der Waals surface area contributed by atoms with Crippen LogP contribution in [0.2, 0.25) is 5.02 Å². The summed E-state index contributed by atoms with van der Waals surface area (Å²) >= 11 is 9.64. The van der Waals surface area contributed by atoms with Crippen LogP contribution in [0, 0.1) is 25.2 Å². The molecule has 1 amide bonds. The second-order valence-corrected chi connectivity index (χ2v) is 8.86. The zero-order chi connectivity index (χ0) is 24.7. The second-order valence-electron chi connectivity index (χ2n) is 7.60. The van der Waals surface area contributed by atoms with Gasteiger partial charge < -0.3 is 14.8 Å². The maximum absolute atomic E-state index is 12.4. The molecule has 5 nitrogen and oxygen atoms in total. The fourth-order valence-electron chi connectivity index (χ4n) is 3.16. The average molecular weight is 540 g/mol. The number of allylic oxidation sites excluding steroid dienone is 1. The normalized spacial score (nSPS) is 11.0. The van der Waals surface area contributed by atoms with E-state index in [4.69, 9.17) is 21.1 Å². The van der Waals surface area contributed by atoms with Crippen LogP contribution in [-0.4, -0.2) is 19.1 Å². The van der Waals surface area contributed by atoms with E-state index in [1.807, 2.05) is 57.2 Å². The van der Waals surface area contributed by atoms with Crippen LogP contribution in [0.3, 0.4) is 0 Å². The number of rotatable bonds is 8. The van der Waals surface area contributed by atoms with Gasteiger partial charge in [-0.05, 0) is 83.7 Å². The molecule has 0 aliphatic rings. The molecule has 0 aliphatic carbocycles. The van der Waals surface area contributed by atoms with Gasteiger partial charge in [-0.15, -0.1) is 0 Å². The average Bonchev–Trinajstić information content (AvgIpc) is 2.80. The lowest BCUT2D eigenvalue weighted by molar-refractivity contribution is -0.118. The Balaban J connectivity index is 1.80. The number of amides is 1. The number of hydrogen-bond acceptors (Lipinski definition) is 4. The highest BCUT2D eigenvalue weighted by Crippen LogP contribution is 2.38. The highest BCUT2D eigenvalue weighted by molar-refractivity contribution is 9.10. The Labute approximate surface area is 213 Å². The van der Waals surface area contributed by atoms with Gasteiger partial charge in [0.05, 0.1) is 22.7 Å². The van der Waals surface area contributed by atoms with E-state index in [-0.39, 0.29) is 12.5 Å². The zero-order valence-corrected chi connectivity index (χ0v) is 21.5. The van der Waals surface area contributed by atoms with Gasteiger partial charge in [0.25, 0.3) is 5.91 Å². The van der Waals surface area contributed by atoms with Crippen LogP contribution in [0.1, 0.15) is 29.2 Å². The minimum atomic E-state index is -0.329. The van der Waals surface area contributed by atoms with Crippen LogP contribution >= 0.6 is 27.5 Å². The van der Waals surface area contributed by atoms with Crippen molar-refractivity contribution in [2.45, 2.75) is 20.8 Å². The first-order chi connectivity index (χ1) is 16.3. The van der Waals surface area contributed by atoms with Crippen LogP contribution in [-0.2, 0) is 4.79 Å². The lowest BCUT2D eigenvalue weighted by Gasteiger charge is -2.15. The summed E-state index contributed by atoms with van der Waals surface area (Å²) in [6.07, 6.45) is 1.79. The minimum Gasteiger partial charge on any atom is -0.490 e. The molecule has 174 valence electrons. The molecule has 1 N–H and O–H groups in total. The molecule has 3 aromatic carbocycles. The van der Waals surface area contributed by atoms with Crippen molar-refractivity contribution in [2.24, 2.45) is 0 Å². The quantitative estimate of drug-likeness (QED) is 0.243. The Bertz CT molecular complexity index is 1260. The molecule has 34 heavy (non-hydrogen) atoms. The molecule has 0 saturated heterocycles. The number of nitrogens with zero attached hydrogens (tertiary/aromatic N) is 1. The molecule has 0 aliphatic heterocycles. The number of carbonyl (C=O) groups is 1. The van der Waals surface area contributed by atoms with Crippen molar-refractivity contribution in [3.63, 3.8) is 0 Å². The number of nitriles is 1. The fraction of sp³-hybridized carbons (Fsp3) is 0.185. The number of carbonyl (C=O) groups excluding carboxylic acids is 1. The Hall–Kier alpha value is -3.27. The lowest BCUT2D eigenvalue weighted by atomic mass is 10.0. The van der Waals surface area contributed by atoms with Crippen molar-refractivity contribution in [1.29, 1.82) is 5.26 Å². The number of hydrogen-bond donors (Lipinski definition) is 1. The van der Waals surface area contributed by atoms with Gasteiger partial charge in [-0.1, -0.05) is 47.5 Å². The third kappa shape index (κ3) is 6.63. The largest absolute Gasteiger partial charge is 0.490 e. The molecule has 0 fully saturated rings. The van der Waals surface area contributed by atoms with Crippen LogP contribution < -0.4 is 14.8 Å².